The maximum atomic E-state index is 9.50. The third kappa shape index (κ3) is 1.74. The van der Waals surface area contributed by atoms with Crippen molar-refractivity contribution in [2.24, 2.45) is 0 Å². The predicted octanol–water partition coefficient (Wildman–Crippen LogP) is 1.54. The smallest absolute Gasteiger partial charge is 0.115 e. The first-order valence-corrected chi connectivity index (χ1v) is 6.27. The number of benzene rings is 1. The fourth-order valence-electron chi connectivity index (χ4n) is 3.33. The Kier molecular flexibility index (Phi) is 2.60. The average molecular weight is 233 g/mol. The summed E-state index contributed by atoms with van der Waals surface area (Å²) in [5.74, 6) is 0.399. The monoisotopic (exact) mass is 233 g/mol. The molecule has 0 unspecified atom stereocenters. The van der Waals surface area contributed by atoms with Crippen LogP contribution in [0.2, 0.25) is 0 Å². The molecule has 3 nitrogen and oxygen atoms in total. The highest BCUT2D eigenvalue weighted by Crippen LogP contribution is 2.46. The standard InChI is InChI=1S/C14H19NO2/c1-17-7-6-15-9-14(10-15)5-4-11-8-12(16)2-3-13(11)14/h2-3,8,16H,4-7,9-10H2,1H3. The highest BCUT2D eigenvalue weighted by Gasteiger charge is 2.47. The van der Waals surface area contributed by atoms with E-state index in [9.17, 15) is 5.11 Å². The van der Waals surface area contributed by atoms with Crippen molar-refractivity contribution in [1.29, 1.82) is 0 Å². The maximum absolute atomic E-state index is 9.50. The molecule has 1 N–H and O–H groups in total. The second-order valence-electron chi connectivity index (χ2n) is 5.33. The molecule has 92 valence electrons. The molecule has 2 aliphatic rings. The minimum atomic E-state index is 0.372. The second-order valence-corrected chi connectivity index (χ2v) is 5.33. The number of hydrogen-bond acceptors (Lipinski definition) is 3. The molecule has 1 aliphatic heterocycles. The Bertz CT molecular complexity index is 424. The lowest BCUT2D eigenvalue weighted by molar-refractivity contribution is 0.0398. The van der Waals surface area contributed by atoms with Gasteiger partial charge in [0, 0.05) is 32.2 Å². The first kappa shape index (κ1) is 11.1. The molecule has 0 saturated carbocycles. The molecule has 1 saturated heterocycles. The van der Waals surface area contributed by atoms with Gasteiger partial charge >= 0.3 is 0 Å². The van der Waals surface area contributed by atoms with Crippen molar-refractivity contribution >= 4 is 0 Å². The van der Waals surface area contributed by atoms with Crippen LogP contribution in [0.5, 0.6) is 5.75 Å². The summed E-state index contributed by atoms with van der Waals surface area (Å²) in [6.45, 7) is 4.15. The minimum absolute atomic E-state index is 0.372. The van der Waals surface area contributed by atoms with Crippen LogP contribution in [0, 0.1) is 0 Å². The fraction of sp³-hybridized carbons (Fsp3) is 0.571. The predicted molar refractivity (Wildman–Crippen MR) is 66.4 cm³/mol. The van der Waals surface area contributed by atoms with Crippen LogP contribution >= 0.6 is 0 Å². The summed E-state index contributed by atoms with van der Waals surface area (Å²) in [5.41, 5.74) is 3.18. The number of hydrogen-bond donors (Lipinski definition) is 1. The molecular weight excluding hydrogens is 214 g/mol. The van der Waals surface area contributed by atoms with E-state index in [1.54, 1.807) is 7.11 Å². The van der Waals surface area contributed by atoms with E-state index in [1.807, 2.05) is 12.1 Å². The summed E-state index contributed by atoms with van der Waals surface area (Å²) in [4.78, 5) is 2.45. The van der Waals surface area contributed by atoms with Crippen LogP contribution in [-0.4, -0.2) is 43.4 Å². The Hall–Kier alpha value is -1.06. The molecule has 3 rings (SSSR count). The van der Waals surface area contributed by atoms with Crippen molar-refractivity contribution in [1.82, 2.24) is 4.90 Å². The van der Waals surface area contributed by atoms with Crippen molar-refractivity contribution in [3.05, 3.63) is 29.3 Å². The summed E-state index contributed by atoms with van der Waals surface area (Å²) < 4.78 is 5.11. The molecule has 0 aromatic heterocycles. The normalized spacial score (nSPS) is 21.5. The number of rotatable bonds is 3. The third-order valence-corrected chi connectivity index (χ3v) is 4.20. The maximum Gasteiger partial charge on any atom is 0.115 e. The van der Waals surface area contributed by atoms with Crippen LogP contribution in [0.3, 0.4) is 0 Å². The highest BCUT2D eigenvalue weighted by molar-refractivity contribution is 5.45. The van der Waals surface area contributed by atoms with E-state index in [0.717, 1.165) is 32.7 Å². The van der Waals surface area contributed by atoms with Gasteiger partial charge in [0.05, 0.1) is 6.61 Å². The van der Waals surface area contributed by atoms with E-state index in [1.165, 1.54) is 17.5 Å². The van der Waals surface area contributed by atoms with Gasteiger partial charge in [0.15, 0.2) is 0 Å². The summed E-state index contributed by atoms with van der Waals surface area (Å²) in [5, 5.41) is 9.50. The van der Waals surface area contributed by atoms with Crippen LogP contribution in [0.25, 0.3) is 0 Å². The van der Waals surface area contributed by atoms with E-state index < -0.39 is 0 Å². The van der Waals surface area contributed by atoms with Gasteiger partial charge in [-0.25, -0.2) is 0 Å². The summed E-state index contributed by atoms with van der Waals surface area (Å²) in [6.07, 6.45) is 2.34. The van der Waals surface area contributed by atoms with Crippen molar-refractivity contribution in [2.75, 3.05) is 33.4 Å². The number of fused-ring (bicyclic) bond motifs is 2. The SMILES string of the molecule is COCCN1CC2(CCc3cc(O)ccc32)C1. The number of aryl methyl sites for hydroxylation is 1. The number of aromatic hydroxyl groups is 1. The molecule has 1 heterocycles. The molecule has 0 amide bonds. The van der Waals surface area contributed by atoms with Crippen LogP contribution < -0.4 is 0 Å². The first-order chi connectivity index (χ1) is 8.23. The molecule has 0 radical (unpaired) electrons. The van der Waals surface area contributed by atoms with Crippen molar-refractivity contribution in [3.63, 3.8) is 0 Å². The number of methoxy groups -OCH3 is 1. The van der Waals surface area contributed by atoms with Gasteiger partial charge < -0.3 is 9.84 Å². The Morgan fingerprint density at radius 1 is 1.41 bits per heavy atom. The second kappa shape index (κ2) is 4.00. The molecule has 1 aliphatic carbocycles. The molecular formula is C14H19NO2. The quantitative estimate of drug-likeness (QED) is 0.859. The summed E-state index contributed by atoms with van der Waals surface area (Å²) in [7, 11) is 1.75. The number of nitrogens with zero attached hydrogens (tertiary/aromatic N) is 1. The summed E-state index contributed by atoms with van der Waals surface area (Å²) in [6, 6.07) is 5.87. The molecule has 3 heteroatoms. The summed E-state index contributed by atoms with van der Waals surface area (Å²) >= 11 is 0. The fourth-order valence-corrected chi connectivity index (χ4v) is 3.33. The van der Waals surface area contributed by atoms with Crippen molar-refractivity contribution in [2.45, 2.75) is 18.3 Å². The number of phenols is 1. The van der Waals surface area contributed by atoms with Crippen molar-refractivity contribution < 1.29 is 9.84 Å². The van der Waals surface area contributed by atoms with E-state index in [-0.39, 0.29) is 0 Å². The van der Waals surface area contributed by atoms with Crippen LogP contribution in [0.1, 0.15) is 17.5 Å². The molecule has 0 atom stereocenters. The Balaban J connectivity index is 1.73. The number of phenolic OH excluding ortho intramolecular Hbond substituents is 1. The van der Waals surface area contributed by atoms with Gasteiger partial charge in [-0.1, -0.05) is 6.07 Å². The first-order valence-electron chi connectivity index (χ1n) is 6.27. The topological polar surface area (TPSA) is 32.7 Å². The lowest BCUT2D eigenvalue weighted by Crippen LogP contribution is -2.58. The van der Waals surface area contributed by atoms with Gasteiger partial charge in [0.25, 0.3) is 0 Å². The number of ether oxygens (including phenoxy) is 1. The van der Waals surface area contributed by atoms with Gasteiger partial charge in [-0.2, -0.15) is 0 Å². The number of likely N-dealkylation sites (tertiary alicyclic amines) is 1. The van der Waals surface area contributed by atoms with E-state index in [2.05, 4.69) is 11.0 Å². The zero-order valence-electron chi connectivity index (χ0n) is 10.3. The lowest BCUT2D eigenvalue weighted by atomic mass is 9.75. The van der Waals surface area contributed by atoms with Crippen molar-refractivity contribution in [3.8, 4) is 5.75 Å². The Morgan fingerprint density at radius 3 is 3.00 bits per heavy atom. The largest absolute Gasteiger partial charge is 0.508 e. The average Bonchev–Trinajstić information content (AvgIpc) is 2.63. The van der Waals surface area contributed by atoms with Gasteiger partial charge in [0.2, 0.25) is 0 Å². The minimum Gasteiger partial charge on any atom is -0.508 e. The van der Waals surface area contributed by atoms with E-state index in [0.29, 0.717) is 11.2 Å². The van der Waals surface area contributed by atoms with Gasteiger partial charge in [-0.15, -0.1) is 0 Å². The third-order valence-electron chi connectivity index (χ3n) is 4.20. The molecule has 1 aromatic rings. The highest BCUT2D eigenvalue weighted by atomic mass is 16.5. The Labute approximate surface area is 102 Å². The van der Waals surface area contributed by atoms with Crippen LogP contribution in [0.4, 0.5) is 0 Å². The zero-order valence-corrected chi connectivity index (χ0v) is 10.3. The van der Waals surface area contributed by atoms with Gasteiger partial charge in [-0.3, -0.25) is 4.90 Å². The van der Waals surface area contributed by atoms with Gasteiger partial charge in [-0.05, 0) is 36.1 Å². The van der Waals surface area contributed by atoms with E-state index in [4.69, 9.17) is 4.74 Å². The van der Waals surface area contributed by atoms with Crippen LogP contribution in [-0.2, 0) is 16.6 Å². The molecule has 1 spiro atoms. The molecule has 0 bridgehead atoms. The van der Waals surface area contributed by atoms with E-state index >= 15 is 0 Å². The molecule has 1 aromatic carbocycles. The van der Waals surface area contributed by atoms with Crippen LogP contribution in [0.15, 0.2) is 18.2 Å². The van der Waals surface area contributed by atoms with Gasteiger partial charge in [0.1, 0.15) is 5.75 Å². The molecule has 17 heavy (non-hydrogen) atoms. The molecule has 1 fully saturated rings. The Morgan fingerprint density at radius 2 is 2.24 bits per heavy atom. The zero-order chi connectivity index (χ0) is 11.9. The lowest BCUT2D eigenvalue weighted by Gasteiger charge is -2.49.